The molecule has 176 valence electrons. The molecule has 0 atom stereocenters. The highest BCUT2D eigenvalue weighted by atomic mass is 35.5. The second-order valence-electron chi connectivity index (χ2n) is 8.29. The number of fused-ring (bicyclic) bond motifs is 1. The van der Waals surface area contributed by atoms with Crippen molar-refractivity contribution in [3.8, 4) is 5.88 Å². The van der Waals surface area contributed by atoms with Gasteiger partial charge in [-0.2, -0.15) is 0 Å². The van der Waals surface area contributed by atoms with Gasteiger partial charge in [-0.25, -0.2) is 9.97 Å². The van der Waals surface area contributed by atoms with Gasteiger partial charge in [0, 0.05) is 30.7 Å². The summed E-state index contributed by atoms with van der Waals surface area (Å²) in [7, 11) is 0. The summed E-state index contributed by atoms with van der Waals surface area (Å²) < 4.78 is 5.89. The van der Waals surface area contributed by atoms with Gasteiger partial charge in [0.15, 0.2) is 5.78 Å². The van der Waals surface area contributed by atoms with E-state index in [1.807, 2.05) is 18.2 Å². The van der Waals surface area contributed by atoms with E-state index in [1.54, 1.807) is 12.3 Å². The SMILES string of the molecule is C.Nc1nccc2cc(CCC(=O)c3cc(Cl)cnc3OCCCN3CCCCC3)ccc12. The van der Waals surface area contributed by atoms with E-state index >= 15 is 0 Å². The van der Waals surface area contributed by atoms with Crippen LogP contribution in [0.1, 0.15) is 55.5 Å². The van der Waals surface area contributed by atoms with Crippen LogP contribution >= 0.6 is 11.6 Å². The molecule has 2 aromatic heterocycles. The zero-order chi connectivity index (χ0) is 22.3. The summed E-state index contributed by atoms with van der Waals surface area (Å²) in [6.45, 7) is 3.88. The molecule has 1 aliphatic rings. The molecule has 1 saturated heterocycles. The van der Waals surface area contributed by atoms with E-state index in [0.29, 0.717) is 41.7 Å². The molecule has 0 saturated carbocycles. The molecule has 7 heteroatoms. The van der Waals surface area contributed by atoms with Gasteiger partial charge in [-0.15, -0.1) is 0 Å². The smallest absolute Gasteiger partial charge is 0.224 e. The summed E-state index contributed by atoms with van der Waals surface area (Å²) in [5.74, 6) is 0.855. The number of pyridine rings is 2. The fraction of sp³-hybridized carbons (Fsp3) is 0.423. The Balaban J connectivity index is 0.00000306. The van der Waals surface area contributed by atoms with Gasteiger partial charge >= 0.3 is 0 Å². The van der Waals surface area contributed by atoms with Gasteiger partial charge in [0.05, 0.1) is 17.2 Å². The first-order valence-electron chi connectivity index (χ1n) is 11.3. The van der Waals surface area contributed by atoms with Crippen molar-refractivity contribution in [2.24, 2.45) is 0 Å². The Bertz CT molecular complexity index is 1080. The highest BCUT2D eigenvalue weighted by molar-refractivity contribution is 6.30. The minimum Gasteiger partial charge on any atom is -0.477 e. The van der Waals surface area contributed by atoms with E-state index in [9.17, 15) is 4.79 Å². The van der Waals surface area contributed by atoms with Gasteiger partial charge < -0.3 is 15.4 Å². The van der Waals surface area contributed by atoms with E-state index in [1.165, 1.54) is 38.5 Å². The van der Waals surface area contributed by atoms with Crippen molar-refractivity contribution in [1.82, 2.24) is 14.9 Å². The fourth-order valence-corrected chi connectivity index (χ4v) is 4.34. The van der Waals surface area contributed by atoms with Crippen molar-refractivity contribution in [3.63, 3.8) is 0 Å². The lowest BCUT2D eigenvalue weighted by atomic mass is 10.0. The molecule has 4 rings (SSSR count). The monoisotopic (exact) mass is 468 g/mol. The second-order valence-corrected chi connectivity index (χ2v) is 8.72. The van der Waals surface area contributed by atoms with Crippen LogP contribution in [0, 0.1) is 0 Å². The summed E-state index contributed by atoms with van der Waals surface area (Å²) in [6.07, 6.45) is 8.97. The molecule has 1 aliphatic heterocycles. The fourth-order valence-electron chi connectivity index (χ4n) is 4.18. The van der Waals surface area contributed by atoms with Crippen molar-refractivity contribution >= 4 is 34.0 Å². The molecule has 0 unspecified atom stereocenters. The van der Waals surface area contributed by atoms with Gasteiger partial charge in [-0.05, 0) is 61.9 Å². The van der Waals surface area contributed by atoms with Gasteiger partial charge in [0.25, 0.3) is 0 Å². The van der Waals surface area contributed by atoms with Gasteiger partial charge in [-0.3, -0.25) is 4.79 Å². The molecule has 0 amide bonds. The summed E-state index contributed by atoms with van der Waals surface area (Å²) in [6, 6.07) is 9.57. The van der Waals surface area contributed by atoms with E-state index in [2.05, 4.69) is 20.9 Å². The number of nitrogens with zero attached hydrogens (tertiary/aromatic N) is 3. The van der Waals surface area contributed by atoms with Crippen LogP contribution in [0.5, 0.6) is 5.88 Å². The molecule has 1 aromatic carbocycles. The first-order valence-corrected chi connectivity index (χ1v) is 11.6. The number of nitrogen functional groups attached to an aromatic ring is 1. The molecular formula is C26H33ClN4O2. The molecule has 33 heavy (non-hydrogen) atoms. The topological polar surface area (TPSA) is 81.3 Å². The number of ketones is 1. The van der Waals surface area contributed by atoms with Crippen LogP contribution in [0.2, 0.25) is 5.02 Å². The predicted octanol–water partition coefficient (Wildman–Crippen LogP) is 5.57. The van der Waals surface area contributed by atoms with E-state index in [-0.39, 0.29) is 13.2 Å². The molecule has 0 spiro atoms. The molecular weight excluding hydrogens is 436 g/mol. The van der Waals surface area contributed by atoms with Crippen LogP contribution in [-0.2, 0) is 6.42 Å². The van der Waals surface area contributed by atoms with Crippen LogP contribution in [0.3, 0.4) is 0 Å². The third-order valence-corrected chi connectivity index (χ3v) is 6.13. The number of likely N-dealkylation sites (tertiary alicyclic amines) is 1. The number of rotatable bonds is 9. The minimum atomic E-state index is -0.0274. The number of ether oxygens (including phenoxy) is 1. The largest absolute Gasteiger partial charge is 0.477 e. The Labute approximate surface area is 201 Å². The summed E-state index contributed by atoms with van der Waals surface area (Å²) in [5, 5.41) is 2.37. The molecule has 3 aromatic rings. The molecule has 0 bridgehead atoms. The number of nitrogens with two attached hydrogens (primary N) is 1. The summed E-state index contributed by atoms with van der Waals surface area (Å²) >= 11 is 6.13. The Morgan fingerprint density at radius 2 is 1.94 bits per heavy atom. The maximum Gasteiger partial charge on any atom is 0.224 e. The highest BCUT2D eigenvalue weighted by Crippen LogP contribution is 2.24. The quantitative estimate of drug-likeness (QED) is 0.326. The minimum absolute atomic E-state index is 0. The van der Waals surface area contributed by atoms with Crippen molar-refractivity contribution < 1.29 is 9.53 Å². The number of benzene rings is 1. The average Bonchev–Trinajstić information content (AvgIpc) is 2.82. The lowest BCUT2D eigenvalue weighted by Gasteiger charge is -2.26. The Hall–Kier alpha value is -2.70. The van der Waals surface area contributed by atoms with E-state index in [0.717, 1.165) is 29.3 Å². The molecule has 2 N–H and O–H groups in total. The molecule has 1 fully saturated rings. The summed E-state index contributed by atoms with van der Waals surface area (Å²) in [4.78, 5) is 23.8. The zero-order valence-corrected chi connectivity index (χ0v) is 19.0. The van der Waals surface area contributed by atoms with Crippen LogP contribution in [0.25, 0.3) is 10.8 Å². The summed E-state index contributed by atoms with van der Waals surface area (Å²) in [5.41, 5.74) is 7.44. The standard InChI is InChI=1S/C25H29ClN4O2.CH4/c26-20-16-22(25(29-17-20)32-14-4-13-30-11-2-1-3-12-30)23(31)8-6-18-5-7-21-19(15-18)9-10-28-24(21)27;/h5,7,9-10,15-17H,1-4,6,8,11-14H2,(H2,27,28);1H4. The van der Waals surface area contributed by atoms with Crippen LogP contribution in [0.15, 0.2) is 42.7 Å². The molecule has 0 aliphatic carbocycles. The number of aromatic nitrogens is 2. The van der Waals surface area contributed by atoms with Crippen molar-refractivity contribution in [2.75, 3.05) is 32.0 Å². The number of Topliss-reactive ketones (excluding diaryl/α,β-unsaturated/α-hetero) is 1. The number of halogens is 1. The van der Waals surface area contributed by atoms with Crippen LogP contribution < -0.4 is 10.5 Å². The lowest BCUT2D eigenvalue weighted by Crippen LogP contribution is -2.31. The lowest BCUT2D eigenvalue weighted by molar-refractivity contribution is 0.0977. The van der Waals surface area contributed by atoms with Crippen molar-refractivity contribution in [2.45, 2.75) is 46.0 Å². The number of carbonyl (C=O) groups excluding carboxylic acids is 1. The van der Waals surface area contributed by atoms with E-state index < -0.39 is 0 Å². The predicted molar refractivity (Wildman–Crippen MR) is 135 cm³/mol. The molecule has 3 heterocycles. The van der Waals surface area contributed by atoms with Crippen LogP contribution in [-0.4, -0.2) is 46.9 Å². The highest BCUT2D eigenvalue weighted by Gasteiger charge is 2.16. The number of hydrogen-bond acceptors (Lipinski definition) is 6. The number of hydrogen-bond donors (Lipinski definition) is 1. The Morgan fingerprint density at radius 3 is 2.76 bits per heavy atom. The van der Waals surface area contributed by atoms with Gasteiger partial charge in [-0.1, -0.05) is 43.6 Å². The second kappa shape index (κ2) is 12.0. The average molecular weight is 469 g/mol. The van der Waals surface area contributed by atoms with Crippen molar-refractivity contribution in [3.05, 3.63) is 58.9 Å². The number of aryl methyl sites for hydroxylation is 1. The number of carbonyl (C=O) groups is 1. The molecule has 6 nitrogen and oxygen atoms in total. The molecule has 0 radical (unpaired) electrons. The third-order valence-electron chi connectivity index (χ3n) is 5.92. The number of anilines is 1. The van der Waals surface area contributed by atoms with Crippen molar-refractivity contribution in [1.29, 1.82) is 0 Å². The first kappa shape index (κ1) is 24.9. The maximum absolute atomic E-state index is 13.0. The maximum atomic E-state index is 13.0. The van der Waals surface area contributed by atoms with E-state index in [4.69, 9.17) is 22.1 Å². The van der Waals surface area contributed by atoms with Gasteiger partial charge in [0.1, 0.15) is 5.82 Å². The number of piperidine rings is 1. The Kier molecular flexibility index (Phi) is 9.03. The zero-order valence-electron chi connectivity index (χ0n) is 18.2. The normalized spacial score (nSPS) is 14.1. The van der Waals surface area contributed by atoms with Crippen LogP contribution in [0.4, 0.5) is 5.82 Å². The first-order chi connectivity index (χ1) is 15.6. The third kappa shape index (κ3) is 6.65. The Morgan fingerprint density at radius 1 is 1.12 bits per heavy atom. The van der Waals surface area contributed by atoms with Gasteiger partial charge in [0.2, 0.25) is 5.88 Å².